The summed E-state index contributed by atoms with van der Waals surface area (Å²) < 4.78 is 62.1. The van der Waals surface area contributed by atoms with Crippen molar-refractivity contribution in [1.29, 1.82) is 0 Å². The van der Waals surface area contributed by atoms with Gasteiger partial charge in [0.05, 0.1) is 23.9 Å². The molecule has 2 aliphatic heterocycles. The van der Waals surface area contributed by atoms with E-state index in [1.807, 2.05) is 19.9 Å². The van der Waals surface area contributed by atoms with Gasteiger partial charge in [-0.3, -0.25) is 0 Å². The van der Waals surface area contributed by atoms with Gasteiger partial charge < -0.3 is 18.9 Å². The topological polar surface area (TPSA) is 74.4 Å². The second-order valence-electron chi connectivity index (χ2n) is 9.45. The van der Waals surface area contributed by atoms with Crippen molar-refractivity contribution in [2.75, 3.05) is 6.61 Å². The number of alkyl halides is 3. The largest absolute Gasteiger partial charge is 0.464 e. The van der Waals surface area contributed by atoms with Gasteiger partial charge in [-0.25, -0.2) is 9.59 Å². The number of hydrogen-bond donors (Lipinski definition) is 0. The van der Waals surface area contributed by atoms with Crippen LogP contribution in [-0.2, 0) is 34.7 Å². The van der Waals surface area contributed by atoms with Gasteiger partial charge in [0.25, 0.3) is 0 Å². The third-order valence-electron chi connectivity index (χ3n) is 7.01. The zero-order valence-electron chi connectivity index (χ0n) is 19.9. The van der Waals surface area contributed by atoms with Crippen LogP contribution in [0.3, 0.4) is 0 Å². The van der Waals surface area contributed by atoms with Crippen LogP contribution in [0.25, 0.3) is 0 Å². The summed E-state index contributed by atoms with van der Waals surface area (Å²) in [4.78, 5) is 25.2. The molecule has 0 radical (unpaired) electrons. The molecule has 2 saturated heterocycles. The molecule has 0 spiro atoms. The molecule has 0 N–H and O–H groups in total. The Labute approximate surface area is 202 Å². The number of benzene rings is 1. The van der Waals surface area contributed by atoms with E-state index in [1.54, 1.807) is 6.92 Å². The van der Waals surface area contributed by atoms with Gasteiger partial charge in [0.2, 0.25) is 0 Å². The Morgan fingerprint density at radius 2 is 1.97 bits per heavy atom. The minimum absolute atomic E-state index is 0.0836. The molecule has 2 fully saturated rings. The number of rotatable bonds is 5. The number of halogens is 3. The number of fused-ring (bicyclic) bond motifs is 3. The molecule has 9 heteroatoms. The lowest BCUT2D eigenvalue weighted by molar-refractivity contribution is -0.160. The number of allylic oxidation sites excluding steroid dienone is 1. The first kappa shape index (κ1) is 25.4. The summed E-state index contributed by atoms with van der Waals surface area (Å²) in [5.74, 6) is -1.58. The molecule has 35 heavy (non-hydrogen) atoms. The van der Waals surface area contributed by atoms with E-state index in [0.717, 1.165) is 24.1 Å². The summed E-state index contributed by atoms with van der Waals surface area (Å²) >= 11 is 0. The average molecular weight is 495 g/mol. The highest BCUT2D eigenvalue weighted by Crippen LogP contribution is 2.50. The summed E-state index contributed by atoms with van der Waals surface area (Å²) in [6.45, 7) is 9.49. The van der Waals surface area contributed by atoms with Gasteiger partial charge in [0.15, 0.2) is 6.10 Å². The Balaban J connectivity index is 1.64. The maximum atomic E-state index is 13.0. The Morgan fingerprint density at radius 1 is 1.29 bits per heavy atom. The van der Waals surface area contributed by atoms with Crippen LogP contribution in [-0.4, -0.2) is 42.5 Å². The molecular formula is C26H29F3O6. The predicted molar refractivity (Wildman–Crippen MR) is 119 cm³/mol. The number of hydrogen-bond acceptors (Lipinski definition) is 6. The smallest absolute Gasteiger partial charge is 0.416 e. The van der Waals surface area contributed by atoms with E-state index in [2.05, 4.69) is 6.58 Å². The molecule has 0 amide bonds. The van der Waals surface area contributed by atoms with E-state index in [0.29, 0.717) is 18.4 Å². The van der Waals surface area contributed by atoms with Crippen molar-refractivity contribution in [3.8, 4) is 0 Å². The summed E-state index contributed by atoms with van der Waals surface area (Å²) in [6.07, 6.45) is -3.44. The summed E-state index contributed by atoms with van der Waals surface area (Å²) in [6, 6.07) is 4.26. The van der Waals surface area contributed by atoms with Gasteiger partial charge >= 0.3 is 18.1 Å². The standard InChI is InChI=1S/C26H29F3O6/c1-5-32-24(31)20(16-8-10-17(11-9-16)26(27,28)29)33-19-13-18-15(3)23(30)34-21(18)22-25(4,35-22)12-6-7-14(19)2/h7-11,18-22H,3,5-6,12-13H2,1-2,4H3/t18-,19-,20?,21-,22+,25+/m0/s1. The maximum absolute atomic E-state index is 13.0. The molecule has 6 atom stereocenters. The van der Waals surface area contributed by atoms with Gasteiger partial charge in [-0.15, -0.1) is 0 Å². The first-order chi connectivity index (χ1) is 16.4. The summed E-state index contributed by atoms with van der Waals surface area (Å²) in [5.41, 5.74) is 0.184. The minimum Gasteiger partial charge on any atom is -0.464 e. The summed E-state index contributed by atoms with van der Waals surface area (Å²) in [7, 11) is 0. The van der Waals surface area contributed by atoms with Crippen LogP contribution < -0.4 is 0 Å². The molecule has 1 unspecified atom stereocenters. The fraction of sp³-hybridized carbons (Fsp3) is 0.538. The highest BCUT2D eigenvalue weighted by Gasteiger charge is 2.62. The number of ether oxygens (including phenoxy) is 4. The van der Waals surface area contributed by atoms with Gasteiger partial charge in [-0.1, -0.05) is 24.8 Å². The molecule has 0 aromatic heterocycles. The fourth-order valence-electron chi connectivity index (χ4n) is 4.85. The lowest BCUT2D eigenvalue weighted by Crippen LogP contribution is -2.34. The lowest BCUT2D eigenvalue weighted by Gasteiger charge is -2.29. The average Bonchev–Trinajstić information content (AvgIpc) is 3.38. The normalized spacial score (nSPS) is 31.5. The third-order valence-corrected chi connectivity index (χ3v) is 7.01. The van der Waals surface area contributed by atoms with Gasteiger partial charge in [-0.05, 0) is 63.3 Å². The first-order valence-electron chi connectivity index (χ1n) is 11.7. The van der Waals surface area contributed by atoms with Crippen molar-refractivity contribution >= 4 is 11.9 Å². The van der Waals surface area contributed by atoms with E-state index in [4.69, 9.17) is 18.9 Å². The van der Waals surface area contributed by atoms with Crippen molar-refractivity contribution in [1.82, 2.24) is 0 Å². The van der Waals surface area contributed by atoms with Crippen LogP contribution in [0.5, 0.6) is 0 Å². The van der Waals surface area contributed by atoms with Crippen molar-refractivity contribution in [2.24, 2.45) is 5.92 Å². The van der Waals surface area contributed by atoms with E-state index < -0.39 is 47.9 Å². The molecule has 4 rings (SSSR count). The Morgan fingerprint density at radius 3 is 2.60 bits per heavy atom. The SMILES string of the molecule is C=C1C(=O)O[C@@H]2[C@H]3O[C@]3(C)CCC=C(C)[C@@H](OC(C(=O)OCC)c3ccc(C(F)(F)F)cc3)C[C@@H]12. The van der Waals surface area contributed by atoms with E-state index in [1.165, 1.54) is 12.1 Å². The van der Waals surface area contributed by atoms with Crippen LogP contribution in [0.15, 0.2) is 48.1 Å². The molecular weight excluding hydrogens is 465 g/mol. The molecule has 190 valence electrons. The monoisotopic (exact) mass is 494 g/mol. The van der Waals surface area contributed by atoms with Gasteiger partial charge in [0.1, 0.15) is 12.2 Å². The second kappa shape index (κ2) is 9.43. The number of carbonyl (C=O) groups is 2. The summed E-state index contributed by atoms with van der Waals surface area (Å²) in [5, 5.41) is 0. The second-order valence-corrected chi connectivity index (χ2v) is 9.45. The number of carbonyl (C=O) groups excluding carboxylic acids is 2. The Kier molecular flexibility index (Phi) is 6.85. The van der Waals surface area contributed by atoms with Crippen molar-refractivity contribution in [3.63, 3.8) is 0 Å². The van der Waals surface area contributed by atoms with E-state index in [-0.39, 0.29) is 23.9 Å². The Bertz CT molecular complexity index is 1030. The first-order valence-corrected chi connectivity index (χ1v) is 11.7. The maximum Gasteiger partial charge on any atom is 0.416 e. The minimum atomic E-state index is -4.50. The zero-order valence-corrected chi connectivity index (χ0v) is 19.9. The van der Waals surface area contributed by atoms with E-state index in [9.17, 15) is 22.8 Å². The van der Waals surface area contributed by atoms with Crippen molar-refractivity contribution < 1.29 is 41.7 Å². The molecule has 1 aliphatic carbocycles. The Hall–Kier alpha value is -2.65. The predicted octanol–water partition coefficient (Wildman–Crippen LogP) is 5.08. The number of esters is 2. The molecule has 6 nitrogen and oxygen atoms in total. The van der Waals surface area contributed by atoms with Crippen molar-refractivity contribution in [3.05, 3.63) is 59.2 Å². The van der Waals surface area contributed by atoms with Gasteiger partial charge in [-0.2, -0.15) is 13.2 Å². The molecule has 1 aromatic rings. The van der Waals surface area contributed by atoms with Crippen molar-refractivity contribution in [2.45, 2.75) is 76.2 Å². The van der Waals surface area contributed by atoms with Crippen LogP contribution >= 0.6 is 0 Å². The lowest BCUT2D eigenvalue weighted by atomic mass is 9.83. The van der Waals surface area contributed by atoms with Crippen LogP contribution in [0, 0.1) is 5.92 Å². The highest BCUT2D eigenvalue weighted by molar-refractivity contribution is 5.91. The number of epoxide rings is 1. The molecule has 0 bridgehead atoms. The molecule has 1 aromatic carbocycles. The molecule has 0 saturated carbocycles. The molecule has 2 heterocycles. The van der Waals surface area contributed by atoms with Gasteiger partial charge in [0, 0.05) is 11.5 Å². The van der Waals surface area contributed by atoms with Crippen LogP contribution in [0.4, 0.5) is 13.2 Å². The van der Waals surface area contributed by atoms with E-state index >= 15 is 0 Å². The third kappa shape index (κ3) is 5.16. The highest BCUT2D eigenvalue weighted by atomic mass is 19.4. The molecule has 3 aliphatic rings. The quantitative estimate of drug-likeness (QED) is 0.246. The zero-order chi connectivity index (χ0) is 25.5. The van der Waals surface area contributed by atoms with Crippen LogP contribution in [0.1, 0.15) is 57.3 Å². The van der Waals surface area contributed by atoms with Crippen LogP contribution in [0.2, 0.25) is 0 Å². The fourth-order valence-corrected chi connectivity index (χ4v) is 4.85.